The van der Waals surface area contributed by atoms with Gasteiger partial charge in [-0.05, 0) is 34.7 Å². The summed E-state index contributed by atoms with van der Waals surface area (Å²) in [5.74, 6) is 0. The van der Waals surface area contributed by atoms with Crippen LogP contribution in [0.25, 0.3) is 0 Å². The van der Waals surface area contributed by atoms with Crippen molar-refractivity contribution in [1.82, 2.24) is 0 Å². The van der Waals surface area contributed by atoms with Gasteiger partial charge in [-0.2, -0.15) is 0 Å². The molecule has 0 aliphatic carbocycles. The van der Waals surface area contributed by atoms with Crippen molar-refractivity contribution in [2.75, 3.05) is 0 Å². The van der Waals surface area contributed by atoms with E-state index in [0.717, 1.165) is 3.57 Å². The Bertz CT molecular complexity index is 267. The molecule has 11 heavy (non-hydrogen) atoms. The average Bonchev–Trinajstić information content (AvgIpc) is 1.88. The van der Waals surface area contributed by atoms with Crippen molar-refractivity contribution in [3.05, 3.63) is 27.8 Å². The zero-order valence-corrected chi connectivity index (χ0v) is 7.93. The molecule has 0 spiro atoms. The number of hydrogen-bond donors (Lipinski definition) is 1. The molecule has 0 fully saturated rings. The van der Waals surface area contributed by atoms with Crippen molar-refractivity contribution in [1.29, 1.82) is 0 Å². The first-order valence-electron chi connectivity index (χ1n) is 2.57. The van der Waals surface area contributed by atoms with Gasteiger partial charge in [0.2, 0.25) is 0 Å². The van der Waals surface area contributed by atoms with Crippen LogP contribution in [0, 0.1) is 3.57 Å². The van der Waals surface area contributed by atoms with Crippen molar-refractivity contribution in [2.45, 2.75) is 4.90 Å². The van der Waals surface area contributed by atoms with Crippen LogP contribution < -0.4 is 0 Å². The summed E-state index contributed by atoms with van der Waals surface area (Å²) in [7, 11) is 0. The van der Waals surface area contributed by atoms with E-state index in [0.29, 0.717) is 4.90 Å². The van der Waals surface area contributed by atoms with Gasteiger partial charge < -0.3 is 4.55 Å². The van der Waals surface area contributed by atoms with E-state index in [1.54, 1.807) is 18.2 Å². The molecule has 1 atom stereocenters. The van der Waals surface area contributed by atoms with Gasteiger partial charge >= 0.3 is 29.6 Å². The topological polar surface area (TPSA) is 37.3 Å². The zero-order chi connectivity index (χ0) is 7.56. The van der Waals surface area contributed by atoms with Crippen LogP contribution in [0.1, 0.15) is 0 Å². The molecule has 1 aromatic rings. The third kappa shape index (κ3) is 3.52. The van der Waals surface area contributed by atoms with E-state index >= 15 is 0 Å². The number of hydrogen-bond acceptors (Lipinski definition) is 1. The predicted octanol–water partition coefficient (Wildman–Crippen LogP) is 1.22. The summed E-state index contributed by atoms with van der Waals surface area (Å²) < 4.78 is 20.0. The summed E-state index contributed by atoms with van der Waals surface area (Å²) in [4.78, 5) is 0.475. The molecule has 0 heterocycles. The molecule has 5 heteroatoms. The summed E-state index contributed by atoms with van der Waals surface area (Å²) in [6.45, 7) is 0. The zero-order valence-electron chi connectivity index (χ0n) is 4.95. The van der Waals surface area contributed by atoms with Gasteiger partial charge in [-0.1, -0.05) is 12.1 Å². The fraction of sp³-hybridized carbons (Fsp3) is 0. The summed E-state index contributed by atoms with van der Waals surface area (Å²) in [6, 6.07) is 7.01. The van der Waals surface area contributed by atoms with Gasteiger partial charge in [-0.25, -0.2) is 4.21 Å². The summed E-state index contributed by atoms with van der Waals surface area (Å²) in [5, 5.41) is 0. The molecule has 1 N–H and O–H groups in total. The van der Waals surface area contributed by atoms with Gasteiger partial charge in [0.15, 0.2) is 11.1 Å². The maximum atomic E-state index is 10.5. The van der Waals surface area contributed by atoms with E-state index in [1.807, 2.05) is 28.7 Å². The van der Waals surface area contributed by atoms with Crippen LogP contribution in [-0.2, 0) is 11.1 Å². The summed E-state index contributed by atoms with van der Waals surface area (Å²) >= 11 is 0.175. The standard InChI is InChI=1S/C6H5IO2S.Na.H/c7-5-3-1-2-4-6(5)10(8)9;;/h1-4H,(H,8,9);;. The van der Waals surface area contributed by atoms with E-state index in [9.17, 15) is 4.21 Å². The number of benzene rings is 1. The molecule has 2 nitrogen and oxygen atoms in total. The maximum absolute atomic E-state index is 10.5. The third-order valence-electron chi connectivity index (χ3n) is 1.02. The van der Waals surface area contributed by atoms with E-state index in [2.05, 4.69) is 0 Å². The van der Waals surface area contributed by atoms with Crippen LogP contribution in [-0.4, -0.2) is 38.3 Å². The van der Waals surface area contributed by atoms with Gasteiger partial charge in [0.05, 0.1) is 4.90 Å². The van der Waals surface area contributed by atoms with Gasteiger partial charge in [0.1, 0.15) is 0 Å². The van der Waals surface area contributed by atoms with Gasteiger partial charge in [0.25, 0.3) is 0 Å². The summed E-state index contributed by atoms with van der Waals surface area (Å²) in [6.07, 6.45) is 0. The van der Waals surface area contributed by atoms with Crippen LogP contribution in [0.3, 0.4) is 0 Å². The number of halogens is 1. The molecular formula is C6H6INaO2S. The quantitative estimate of drug-likeness (QED) is 0.480. The Hall–Kier alpha value is 1.06. The molecule has 0 radical (unpaired) electrons. The second kappa shape index (κ2) is 5.66. The van der Waals surface area contributed by atoms with Crippen LogP contribution in [0.4, 0.5) is 0 Å². The average molecular weight is 292 g/mol. The van der Waals surface area contributed by atoms with Gasteiger partial charge in [-0.15, -0.1) is 0 Å². The Morgan fingerprint density at radius 1 is 1.36 bits per heavy atom. The molecule has 1 unspecified atom stereocenters. The fourth-order valence-corrected chi connectivity index (χ4v) is 1.97. The SMILES string of the molecule is O=S(O)c1ccccc1I.[NaH]. The van der Waals surface area contributed by atoms with Crippen molar-refractivity contribution >= 4 is 63.2 Å². The Morgan fingerprint density at radius 2 is 1.91 bits per heavy atom. The molecule has 0 aromatic heterocycles. The van der Waals surface area contributed by atoms with Gasteiger partial charge in [0, 0.05) is 3.57 Å². The van der Waals surface area contributed by atoms with Crippen LogP contribution in [0.5, 0.6) is 0 Å². The summed E-state index contributed by atoms with van der Waals surface area (Å²) in [5.41, 5.74) is 0. The molecule has 0 saturated carbocycles. The second-order valence-electron chi connectivity index (χ2n) is 1.68. The molecule has 0 bridgehead atoms. The Kier molecular flexibility index (Phi) is 6.21. The normalized spacial score (nSPS) is 11.8. The Morgan fingerprint density at radius 3 is 2.27 bits per heavy atom. The first-order chi connectivity index (χ1) is 4.72. The monoisotopic (exact) mass is 292 g/mol. The second-order valence-corrected chi connectivity index (χ2v) is 3.78. The first kappa shape index (κ1) is 12.1. The Labute approximate surface area is 103 Å². The van der Waals surface area contributed by atoms with Crippen LogP contribution >= 0.6 is 22.6 Å². The van der Waals surface area contributed by atoms with Crippen molar-refractivity contribution < 1.29 is 8.76 Å². The van der Waals surface area contributed by atoms with E-state index in [4.69, 9.17) is 4.55 Å². The van der Waals surface area contributed by atoms with E-state index < -0.39 is 11.1 Å². The van der Waals surface area contributed by atoms with E-state index in [-0.39, 0.29) is 29.6 Å². The molecule has 0 saturated heterocycles. The molecule has 1 aromatic carbocycles. The fourth-order valence-electron chi connectivity index (χ4n) is 0.586. The molecule has 0 aliphatic heterocycles. The predicted molar refractivity (Wildman–Crippen MR) is 55.3 cm³/mol. The first-order valence-corrected chi connectivity index (χ1v) is 4.76. The molecular weight excluding hydrogens is 286 g/mol. The molecule has 1 rings (SSSR count). The van der Waals surface area contributed by atoms with Crippen molar-refractivity contribution in [3.63, 3.8) is 0 Å². The molecule has 0 aliphatic rings. The minimum absolute atomic E-state index is 0. The molecule has 0 amide bonds. The third-order valence-corrected chi connectivity index (χ3v) is 3.06. The molecule has 56 valence electrons. The van der Waals surface area contributed by atoms with Crippen LogP contribution in [0.2, 0.25) is 0 Å². The number of rotatable bonds is 1. The van der Waals surface area contributed by atoms with Crippen molar-refractivity contribution in [3.8, 4) is 0 Å². The Balaban J connectivity index is 0.000001000. The minimum atomic E-state index is -1.85. The van der Waals surface area contributed by atoms with Crippen molar-refractivity contribution in [2.24, 2.45) is 0 Å². The van der Waals surface area contributed by atoms with Gasteiger partial charge in [-0.3, -0.25) is 0 Å². The van der Waals surface area contributed by atoms with E-state index in [1.165, 1.54) is 0 Å². The van der Waals surface area contributed by atoms with Crippen LogP contribution in [0.15, 0.2) is 29.2 Å².